The van der Waals surface area contributed by atoms with Gasteiger partial charge in [-0.1, -0.05) is 0 Å². The number of fused-ring (bicyclic) bond motifs is 1. The van der Waals surface area contributed by atoms with Crippen molar-refractivity contribution in [2.75, 3.05) is 20.3 Å². The molecular weight excluding hydrogens is 406 g/mol. The van der Waals surface area contributed by atoms with Gasteiger partial charge in [-0.05, 0) is 49.7 Å². The molecule has 0 aliphatic rings. The summed E-state index contributed by atoms with van der Waals surface area (Å²) in [5, 5.41) is 9.80. The maximum Gasteiger partial charge on any atom is 0.163 e. The highest BCUT2D eigenvalue weighted by Crippen LogP contribution is 2.39. The van der Waals surface area contributed by atoms with Crippen LogP contribution in [-0.2, 0) is 0 Å². The van der Waals surface area contributed by atoms with Crippen LogP contribution in [0.2, 0.25) is 0 Å². The third kappa shape index (κ3) is 4.48. The molecule has 1 N–H and O–H groups in total. The van der Waals surface area contributed by atoms with E-state index in [9.17, 15) is 0 Å². The predicted molar refractivity (Wildman–Crippen MR) is 123 cm³/mol. The van der Waals surface area contributed by atoms with Crippen LogP contribution in [0.5, 0.6) is 23.0 Å². The monoisotopic (exact) mass is 431 g/mol. The number of aromatic nitrogens is 3. The van der Waals surface area contributed by atoms with Crippen molar-refractivity contribution in [1.82, 2.24) is 15.0 Å². The highest BCUT2D eigenvalue weighted by molar-refractivity contribution is 5.88. The zero-order chi connectivity index (χ0) is 22.5. The number of aliphatic hydroxyl groups excluding tert-OH is 1. The summed E-state index contributed by atoms with van der Waals surface area (Å²) in [4.78, 5) is 13.5. The lowest BCUT2D eigenvalue weighted by molar-refractivity contribution is 0.228. The Hall–Kier alpha value is -3.71. The largest absolute Gasteiger partial charge is 0.493 e. The Morgan fingerprint density at radius 1 is 0.969 bits per heavy atom. The fourth-order valence-electron chi connectivity index (χ4n) is 3.32. The van der Waals surface area contributed by atoms with E-state index in [1.54, 1.807) is 25.7 Å². The number of hydrogen-bond acceptors (Lipinski definition) is 7. The number of ether oxygens (including phenoxy) is 3. The van der Waals surface area contributed by atoms with Crippen molar-refractivity contribution in [2.24, 2.45) is 0 Å². The van der Waals surface area contributed by atoms with E-state index < -0.39 is 0 Å². The quantitative estimate of drug-likeness (QED) is 0.398. The Bertz CT molecular complexity index is 1230. The Balaban J connectivity index is 1.77. The van der Waals surface area contributed by atoms with Gasteiger partial charge in [-0.2, -0.15) is 0 Å². The van der Waals surface area contributed by atoms with E-state index in [1.165, 1.54) is 0 Å². The second-order valence-corrected chi connectivity index (χ2v) is 7.34. The summed E-state index contributed by atoms with van der Waals surface area (Å²) >= 11 is 0. The van der Waals surface area contributed by atoms with E-state index in [0.29, 0.717) is 41.5 Å². The van der Waals surface area contributed by atoms with Crippen molar-refractivity contribution < 1.29 is 19.3 Å². The second kappa shape index (κ2) is 9.62. The average Bonchev–Trinajstić information content (AvgIpc) is 2.81. The van der Waals surface area contributed by atoms with Crippen LogP contribution in [0.25, 0.3) is 22.2 Å². The summed E-state index contributed by atoms with van der Waals surface area (Å²) in [5.74, 6) is 2.40. The van der Waals surface area contributed by atoms with Crippen molar-refractivity contribution in [2.45, 2.75) is 20.3 Å². The number of hydrogen-bond donors (Lipinski definition) is 1. The molecule has 0 bridgehead atoms. The van der Waals surface area contributed by atoms with Crippen molar-refractivity contribution in [3.05, 3.63) is 66.2 Å². The lowest BCUT2D eigenvalue weighted by atomic mass is 10.1. The molecule has 7 heteroatoms. The van der Waals surface area contributed by atoms with E-state index in [-0.39, 0.29) is 6.61 Å². The van der Waals surface area contributed by atoms with E-state index in [0.717, 1.165) is 27.9 Å². The second-order valence-electron chi connectivity index (χ2n) is 7.34. The normalized spacial score (nSPS) is 10.9. The number of nitrogens with zero attached hydrogens (tertiary/aromatic N) is 3. The molecule has 0 aliphatic carbocycles. The first-order valence-corrected chi connectivity index (χ1v) is 10.4. The van der Waals surface area contributed by atoms with E-state index in [1.807, 2.05) is 50.2 Å². The molecule has 3 aromatic heterocycles. The third-order valence-corrected chi connectivity index (χ3v) is 5.13. The first-order chi connectivity index (χ1) is 15.6. The van der Waals surface area contributed by atoms with Gasteiger partial charge in [-0.25, -0.2) is 4.98 Å². The Morgan fingerprint density at radius 3 is 2.59 bits per heavy atom. The summed E-state index contributed by atoms with van der Waals surface area (Å²) in [6, 6.07) is 11.3. The molecule has 164 valence electrons. The summed E-state index contributed by atoms with van der Waals surface area (Å²) in [6.45, 7) is 4.43. The number of benzene rings is 1. The highest BCUT2D eigenvalue weighted by atomic mass is 16.5. The summed E-state index contributed by atoms with van der Waals surface area (Å²) in [6.07, 6.45) is 5.73. The van der Waals surface area contributed by atoms with Crippen LogP contribution in [-0.4, -0.2) is 40.4 Å². The smallest absolute Gasteiger partial charge is 0.163 e. The maximum atomic E-state index is 9.01. The molecule has 0 spiro atoms. The molecular formula is C25H25N3O4. The molecule has 32 heavy (non-hydrogen) atoms. The van der Waals surface area contributed by atoms with Gasteiger partial charge < -0.3 is 19.3 Å². The van der Waals surface area contributed by atoms with Crippen molar-refractivity contribution in [3.63, 3.8) is 0 Å². The molecule has 0 atom stereocenters. The van der Waals surface area contributed by atoms with Gasteiger partial charge in [0.25, 0.3) is 0 Å². The molecule has 0 radical (unpaired) electrons. The Kier molecular flexibility index (Phi) is 6.47. The van der Waals surface area contributed by atoms with Crippen LogP contribution in [0, 0.1) is 13.8 Å². The molecule has 0 saturated carbocycles. The molecule has 0 fully saturated rings. The Morgan fingerprint density at radius 2 is 1.84 bits per heavy atom. The van der Waals surface area contributed by atoms with Crippen molar-refractivity contribution in [3.8, 4) is 34.3 Å². The molecule has 0 amide bonds. The number of aryl methyl sites for hydroxylation is 2. The maximum absolute atomic E-state index is 9.01. The summed E-state index contributed by atoms with van der Waals surface area (Å²) < 4.78 is 17.7. The zero-order valence-electron chi connectivity index (χ0n) is 18.3. The zero-order valence-corrected chi connectivity index (χ0v) is 18.3. The minimum Gasteiger partial charge on any atom is -0.493 e. The molecule has 4 rings (SSSR count). The molecule has 3 heterocycles. The molecule has 4 aromatic rings. The fourth-order valence-corrected chi connectivity index (χ4v) is 3.32. The van der Waals surface area contributed by atoms with Crippen molar-refractivity contribution >= 4 is 10.9 Å². The lowest BCUT2D eigenvalue weighted by Crippen LogP contribution is -2.02. The summed E-state index contributed by atoms with van der Waals surface area (Å²) in [7, 11) is 1.59. The minimum absolute atomic E-state index is 0.0649. The van der Waals surface area contributed by atoms with E-state index >= 15 is 0 Å². The van der Waals surface area contributed by atoms with Crippen LogP contribution < -0.4 is 14.2 Å². The molecule has 0 unspecified atom stereocenters. The SMILES string of the molecule is COc1cc2c(Oc3cc(C)c(C)nc3-c3cccnc3)ccnc2cc1OCCCO. The van der Waals surface area contributed by atoms with Gasteiger partial charge in [0.05, 0.1) is 19.2 Å². The van der Waals surface area contributed by atoms with Crippen LogP contribution in [0.3, 0.4) is 0 Å². The van der Waals surface area contributed by atoms with Crippen LogP contribution in [0.15, 0.2) is 55.0 Å². The van der Waals surface area contributed by atoms with Gasteiger partial charge in [0.2, 0.25) is 0 Å². The van der Waals surface area contributed by atoms with Crippen molar-refractivity contribution in [1.29, 1.82) is 0 Å². The molecule has 0 aliphatic heterocycles. The van der Waals surface area contributed by atoms with Gasteiger partial charge in [0, 0.05) is 54.3 Å². The summed E-state index contributed by atoms with van der Waals surface area (Å²) in [5.41, 5.74) is 4.27. The fraction of sp³-hybridized carbons (Fsp3) is 0.240. The molecule has 0 saturated heterocycles. The number of rotatable bonds is 8. The highest BCUT2D eigenvalue weighted by Gasteiger charge is 2.16. The first kappa shape index (κ1) is 21.5. The van der Waals surface area contributed by atoms with Crippen LogP contribution in [0.1, 0.15) is 17.7 Å². The van der Waals surface area contributed by atoms with Gasteiger partial charge in [-0.3, -0.25) is 9.97 Å². The minimum atomic E-state index is 0.0649. The number of aliphatic hydroxyl groups is 1. The number of methoxy groups -OCH3 is 1. The topological polar surface area (TPSA) is 86.6 Å². The first-order valence-electron chi connectivity index (χ1n) is 10.4. The van der Waals surface area contributed by atoms with E-state index in [4.69, 9.17) is 24.3 Å². The van der Waals surface area contributed by atoms with Crippen LogP contribution in [0.4, 0.5) is 0 Å². The standard InChI is InChI=1S/C25H25N3O4/c1-16-12-24(25(28-17(16)2)18-6-4-8-26-15-18)32-21-7-9-27-20-14-23(31-11-5-10-29)22(30-3)13-19(20)21/h4,6-9,12-15,29H,5,10-11H2,1-3H3. The predicted octanol–water partition coefficient (Wildman–Crippen LogP) is 4.87. The molecule has 7 nitrogen and oxygen atoms in total. The average molecular weight is 431 g/mol. The molecule has 1 aromatic carbocycles. The lowest BCUT2D eigenvalue weighted by Gasteiger charge is -2.16. The van der Waals surface area contributed by atoms with Gasteiger partial charge in [0.15, 0.2) is 17.2 Å². The van der Waals surface area contributed by atoms with Gasteiger partial charge >= 0.3 is 0 Å². The van der Waals surface area contributed by atoms with Gasteiger partial charge in [-0.15, -0.1) is 0 Å². The Labute approximate surface area is 186 Å². The van der Waals surface area contributed by atoms with Crippen LogP contribution >= 0.6 is 0 Å². The van der Waals surface area contributed by atoms with Gasteiger partial charge in [0.1, 0.15) is 11.4 Å². The van der Waals surface area contributed by atoms with E-state index in [2.05, 4.69) is 9.97 Å². The number of pyridine rings is 3. The third-order valence-electron chi connectivity index (χ3n) is 5.13.